The molecular formula is C11H11NO2S. The number of para-hydroxylation sites is 1. The highest BCUT2D eigenvalue weighted by atomic mass is 32.1. The van der Waals surface area contributed by atoms with Crippen LogP contribution in [-0.2, 0) is 4.84 Å². The number of hydrogen-bond acceptors (Lipinski definition) is 3. The predicted molar refractivity (Wildman–Crippen MR) is 62.1 cm³/mol. The molecule has 0 fully saturated rings. The van der Waals surface area contributed by atoms with Crippen molar-refractivity contribution in [3.05, 3.63) is 29.8 Å². The van der Waals surface area contributed by atoms with Gasteiger partial charge in [0.25, 0.3) is 0 Å². The molecule has 1 aliphatic rings. The largest absolute Gasteiger partial charge is 0.294 e. The molecule has 0 aliphatic carbocycles. The molecule has 0 unspecified atom stereocenters. The van der Waals surface area contributed by atoms with Crippen LogP contribution in [0, 0.1) is 0 Å². The molecule has 2 rings (SSSR count). The molecule has 0 N–H and O–H groups in total. The number of rotatable bonds is 1. The number of anilines is 1. The summed E-state index contributed by atoms with van der Waals surface area (Å²) in [5, 5.41) is 1.55. The Hall–Kier alpha value is -1.26. The lowest BCUT2D eigenvalue weighted by Crippen LogP contribution is -2.27. The van der Waals surface area contributed by atoms with Crippen LogP contribution < -0.4 is 5.06 Å². The highest BCUT2D eigenvalue weighted by Gasteiger charge is 2.23. The first kappa shape index (κ1) is 10.3. The first-order valence-corrected chi connectivity index (χ1v) is 5.14. The first-order valence-electron chi connectivity index (χ1n) is 4.73. The zero-order chi connectivity index (χ0) is 10.8. The van der Waals surface area contributed by atoms with Crippen LogP contribution in [0.4, 0.5) is 5.69 Å². The number of hydrogen-bond donors (Lipinski definition) is 0. The lowest BCUT2D eigenvalue weighted by Gasteiger charge is -2.21. The molecule has 1 aliphatic heterocycles. The van der Waals surface area contributed by atoms with Gasteiger partial charge in [0.05, 0.1) is 12.8 Å². The van der Waals surface area contributed by atoms with E-state index in [4.69, 9.17) is 17.1 Å². The fourth-order valence-electron chi connectivity index (χ4n) is 1.68. The van der Waals surface area contributed by atoms with Gasteiger partial charge in [-0.3, -0.25) is 9.63 Å². The summed E-state index contributed by atoms with van der Waals surface area (Å²) >= 11 is 5.19. The van der Waals surface area contributed by atoms with Crippen molar-refractivity contribution in [2.24, 2.45) is 0 Å². The van der Waals surface area contributed by atoms with Gasteiger partial charge in [0, 0.05) is 18.4 Å². The minimum Gasteiger partial charge on any atom is -0.294 e. The third kappa shape index (κ3) is 1.78. The standard InChI is InChI=1S/C11H11NO2S/c1-14-12-9-5-3-2-4-8(9)10(13)6-7-11(12)15/h2-5H,6-7H2,1H3. The summed E-state index contributed by atoms with van der Waals surface area (Å²) in [6, 6.07) is 7.36. The second-order valence-corrected chi connectivity index (χ2v) is 3.78. The molecule has 78 valence electrons. The number of thiocarbonyl (C=S) groups is 1. The average Bonchev–Trinajstić information content (AvgIpc) is 2.38. The zero-order valence-electron chi connectivity index (χ0n) is 8.40. The van der Waals surface area contributed by atoms with Crippen LogP contribution in [-0.4, -0.2) is 17.9 Å². The van der Waals surface area contributed by atoms with E-state index < -0.39 is 0 Å². The van der Waals surface area contributed by atoms with Crippen molar-refractivity contribution in [3.63, 3.8) is 0 Å². The van der Waals surface area contributed by atoms with E-state index in [1.807, 2.05) is 18.2 Å². The number of carbonyl (C=O) groups excluding carboxylic acids is 1. The second kappa shape index (κ2) is 4.08. The van der Waals surface area contributed by atoms with E-state index in [-0.39, 0.29) is 5.78 Å². The molecule has 0 amide bonds. The minimum absolute atomic E-state index is 0.118. The summed E-state index contributed by atoms with van der Waals surface area (Å²) in [5.41, 5.74) is 1.42. The maximum atomic E-state index is 11.8. The molecule has 4 heteroatoms. The highest BCUT2D eigenvalue weighted by molar-refractivity contribution is 7.80. The Bertz CT molecular complexity index is 417. The van der Waals surface area contributed by atoms with Gasteiger partial charge in [0.2, 0.25) is 0 Å². The number of fused-ring (bicyclic) bond motifs is 1. The second-order valence-electron chi connectivity index (χ2n) is 3.31. The van der Waals surface area contributed by atoms with Crippen LogP contribution >= 0.6 is 12.2 Å². The Balaban J connectivity index is 2.55. The zero-order valence-corrected chi connectivity index (χ0v) is 9.21. The van der Waals surface area contributed by atoms with Crippen LogP contribution in [0.5, 0.6) is 0 Å². The highest BCUT2D eigenvalue weighted by Crippen LogP contribution is 2.27. The van der Waals surface area contributed by atoms with Gasteiger partial charge >= 0.3 is 0 Å². The molecule has 0 bridgehead atoms. The Labute approximate surface area is 93.6 Å². The molecule has 15 heavy (non-hydrogen) atoms. The molecule has 0 radical (unpaired) electrons. The molecule has 3 nitrogen and oxygen atoms in total. The molecule has 1 heterocycles. The van der Waals surface area contributed by atoms with E-state index in [0.29, 0.717) is 23.4 Å². The molecular weight excluding hydrogens is 210 g/mol. The number of nitrogens with zero attached hydrogens (tertiary/aromatic N) is 1. The number of ketones is 1. The molecule has 0 saturated carbocycles. The van der Waals surface area contributed by atoms with Gasteiger partial charge in [-0.05, 0) is 12.1 Å². The van der Waals surface area contributed by atoms with E-state index in [0.717, 1.165) is 5.69 Å². The smallest absolute Gasteiger partial charge is 0.165 e. The van der Waals surface area contributed by atoms with E-state index in [9.17, 15) is 4.79 Å². The third-order valence-electron chi connectivity index (χ3n) is 2.40. The Morgan fingerprint density at radius 1 is 1.33 bits per heavy atom. The summed E-state index contributed by atoms with van der Waals surface area (Å²) in [6.07, 6.45) is 1.02. The maximum Gasteiger partial charge on any atom is 0.165 e. The van der Waals surface area contributed by atoms with Crippen LogP contribution in [0.2, 0.25) is 0 Å². The molecule has 0 saturated heterocycles. The van der Waals surface area contributed by atoms with Gasteiger partial charge in [-0.15, -0.1) is 0 Å². The Kier molecular flexibility index (Phi) is 2.79. The summed E-state index contributed by atoms with van der Waals surface area (Å²) in [5.74, 6) is 0.118. The summed E-state index contributed by atoms with van der Waals surface area (Å²) in [6.45, 7) is 0. The van der Waals surface area contributed by atoms with Crippen molar-refractivity contribution in [3.8, 4) is 0 Å². The van der Waals surface area contributed by atoms with Crippen LogP contribution in [0.3, 0.4) is 0 Å². The summed E-state index contributed by atoms with van der Waals surface area (Å²) < 4.78 is 0. The molecule has 0 aromatic heterocycles. The number of benzene rings is 1. The molecule has 1 aromatic rings. The monoisotopic (exact) mass is 221 g/mol. The summed E-state index contributed by atoms with van der Waals surface area (Å²) in [4.78, 5) is 17.6. The van der Waals surface area contributed by atoms with Crippen LogP contribution in [0.25, 0.3) is 0 Å². The fraction of sp³-hybridized carbons (Fsp3) is 0.273. The van der Waals surface area contributed by atoms with Crippen molar-refractivity contribution in [2.45, 2.75) is 12.8 Å². The topological polar surface area (TPSA) is 29.5 Å². The van der Waals surface area contributed by atoms with Crippen LogP contribution in [0.15, 0.2) is 24.3 Å². The third-order valence-corrected chi connectivity index (χ3v) is 2.77. The minimum atomic E-state index is 0.118. The van der Waals surface area contributed by atoms with Gasteiger partial charge in [0.1, 0.15) is 4.99 Å². The Morgan fingerprint density at radius 2 is 2.07 bits per heavy atom. The number of Topliss-reactive ketones (excluding diaryl/α,β-unsaturated/α-hetero) is 1. The van der Waals surface area contributed by atoms with Gasteiger partial charge in [-0.2, -0.15) is 0 Å². The van der Waals surface area contributed by atoms with Gasteiger partial charge in [-0.25, -0.2) is 5.06 Å². The quantitative estimate of drug-likeness (QED) is 0.681. The maximum absolute atomic E-state index is 11.8. The van der Waals surface area contributed by atoms with Gasteiger partial charge in [0.15, 0.2) is 5.78 Å². The van der Waals surface area contributed by atoms with Crippen molar-refractivity contribution in [2.75, 3.05) is 12.2 Å². The van der Waals surface area contributed by atoms with E-state index in [2.05, 4.69) is 0 Å². The molecule has 0 atom stereocenters. The molecule has 0 spiro atoms. The van der Waals surface area contributed by atoms with Crippen molar-refractivity contribution in [1.82, 2.24) is 0 Å². The number of hydroxylamine groups is 1. The van der Waals surface area contributed by atoms with Crippen molar-refractivity contribution in [1.29, 1.82) is 0 Å². The predicted octanol–water partition coefficient (Wildman–Crippen LogP) is 2.36. The molecule has 1 aromatic carbocycles. The van der Waals surface area contributed by atoms with Crippen LogP contribution in [0.1, 0.15) is 23.2 Å². The van der Waals surface area contributed by atoms with Gasteiger partial charge in [-0.1, -0.05) is 24.4 Å². The van der Waals surface area contributed by atoms with Crippen molar-refractivity contribution < 1.29 is 9.63 Å². The van der Waals surface area contributed by atoms with E-state index >= 15 is 0 Å². The first-order chi connectivity index (χ1) is 7.24. The lowest BCUT2D eigenvalue weighted by atomic mass is 10.1. The SMILES string of the molecule is CON1C(=S)CCC(=O)c2ccccc21. The summed E-state index contributed by atoms with van der Waals surface area (Å²) in [7, 11) is 1.55. The Morgan fingerprint density at radius 3 is 2.80 bits per heavy atom. The fourth-order valence-corrected chi connectivity index (χ4v) is 1.95. The average molecular weight is 221 g/mol. The normalized spacial score (nSPS) is 16.2. The van der Waals surface area contributed by atoms with E-state index in [1.54, 1.807) is 18.2 Å². The van der Waals surface area contributed by atoms with E-state index in [1.165, 1.54) is 0 Å². The number of carbonyl (C=O) groups is 1. The van der Waals surface area contributed by atoms with Gasteiger partial charge < -0.3 is 0 Å². The van der Waals surface area contributed by atoms with Crippen molar-refractivity contribution >= 4 is 28.7 Å². The lowest BCUT2D eigenvalue weighted by molar-refractivity contribution is 0.0986.